The fourth-order valence-corrected chi connectivity index (χ4v) is 3.25. The minimum absolute atomic E-state index is 0.0824. The molecule has 0 saturated carbocycles. The van der Waals surface area contributed by atoms with Gasteiger partial charge in [0.05, 0.1) is 33.5 Å². The summed E-state index contributed by atoms with van der Waals surface area (Å²) >= 11 is 0. The molecule has 0 spiro atoms. The lowest BCUT2D eigenvalue weighted by molar-refractivity contribution is -0.150. The van der Waals surface area contributed by atoms with Crippen molar-refractivity contribution in [1.82, 2.24) is 35.5 Å². The fraction of sp³-hybridized carbons (Fsp3) is 0.429. The predicted octanol–water partition coefficient (Wildman–Crippen LogP) is 0.153. The molecule has 1 unspecified atom stereocenters. The zero-order valence-electron chi connectivity index (χ0n) is 18.3. The molecule has 1 aromatic carbocycles. The maximum Gasteiger partial charge on any atom is 0.270 e. The lowest BCUT2D eigenvalue weighted by Gasteiger charge is -2.27. The summed E-state index contributed by atoms with van der Waals surface area (Å²) in [6.45, 7) is 2.90. The summed E-state index contributed by atoms with van der Waals surface area (Å²) in [5.74, 6) is 1.05. The van der Waals surface area contributed by atoms with E-state index in [0.717, 1.165) is 11.3 Å². The second kappa shape index (κ2) is 10.4. The summed E-state index contributed by atoms with van der Waals surface area (Å²) in [6.07, 6.45) is -0.557. The zero-order valence-corrected chi connectivity index (χ0v) is 18.3. The van der Waals surface area contributed by atoms with Crippen LogP contribution >= 0.6 is 0 Å². The number of amides is 1. The Balaban J connectivity index is 1.41. The molecule has 1 fully saturated rings. The topological polar surface area (TPSA) is 146 Å². The molecule has 2 aromatic heterocycles. The number of ether oxygens (including phenoxy) is 3. The maximum absolute atomic E-state index is 12.7. The van der Waals surface area contributed by atoms with Gasteiger partial charge < -0.3 is 24.6 Å². The van der Waals surface area contributed by atoms with Crippen LogP contribution in [0.15, 0.2) is 30.3 Å². The summed E-state index contributed by atoms with van der Waals surface area (Å²) in [4.78, 5) is 22.6. The number of aliphatic hydroxyl groups excluding tert-OH is 1. The highest BCUT2D eigenvalue weighted by atomic mass is 16.6. The molecule has 0 radical (unpaired) electrons. The van der Waals surface area contributed by atoms with Crippen LogP contribution in [0.1, 0.15) is 21.9 Å². The van der Waals surface area contributed by atoms with Crippen LogP contribution in [0.3, 0.4) is 0 Å². The highest BCUT2D eigenvalue weighted by Crippen LogP contribution is 2.15. The highest BCUT2D eigenvalue weighted by molar-refractivity contribution is 5.93. The minimum Gasteiger partial charge on any atom is -0.497 e. The summed E-state index contributed by atoms with van der Waals surface area (Å²) in [5.41, 5.74) is 1.50. The Morgan fingerprint density at radius 3 is 2.82 bits per heavy atom. The maximum atomic E-state index is 12.7. The Morgan fingerprint density at radius 2 is 2.06 bits per heavy atom. The monoisotopic (exact) mass is 455 g/mol. The van der Waals surface area contributed by atoms with Crippen LogP contribution in [0.4, 0.5) is 0 Å². The van der Waals surface area contributed by atoms with E-state index in [1.807, 2.05) is 24.3 Å². The Hall–Kier alpha value is -3.48. The van der Waals surface area contributed by atoms with Crippen molar-refractivity contribution in [2.45, 2.75) is 32.2 Å². The van der Waals surface area contributed by atoms with E-state index >= 15 is 0 Å². The van der Waals surface area contributed by atoms with Crippen LogP contribution < -0.4 is 10.1 Å². The molecule has 12 nitrogen and oxygen atoms in total. The van der Waals surface area contributed by atoms with Crippen LogP contribution in [0.2, 0.25) is 0 Å². The Morgan fingerprint density at radius 1 is 1.24 bits per heavy atom. The third kappa shape index (κ3) is 5.86. The molecule has 3 aromatic rings. The highest BCUT2D eigenvalue weighted by Gasteiger charge is 2.23. The number of rotatable bonds is 8. The number of hydrogen-bond donors (Lipinski definition) is 2. The Bertz CT molecular complexity index is 1100. The first kappa shape index (κ1) is 22.7. The average Bonchev–Trinajstić information content (AvgIpc) is 3.31. The van der Waals surface area contributed by atoms with Gasteiger partial charge in [-0.15, -0.1) is 10.2 Å². The van der Waals surface area contributed by atoms with Crippen LogP contribution in [0.5, 0.6) is 5.75 Å². The van der Waals surface area contributed by atoms with Crippen LogP contribution in [0, 0.1) is 6.92 Å². The summed E-state index contributed by atoms with van der Waals surface area (Å²) in [5, 5.41) is 24.4. The van der Waals surface area contributed by atoms with Gasteiger partial charge in [0.1, 0.15) is 35.2 Å². The molecular formula is C21H25N7O5. The number of aliphatic hydroxyl groups is 1. The molecule has 33 heavy (non-hydrogen) atoms. The minimum atomic E-state index is -0.344. The molecule has 1 aliphatic heterocycles. The molecule has 2 N–H and O–H groups in total. The number of tetrazole rings is 1. The normalized spacial score (nSPS) is 18.2. The van der Waals surface area contributed by atoms with Crippen molar-refractivity contribution >= 4 is 5.91 Å². The van der Waals surface area contributed by atoms with E-state index < -0.39 is 0 Å². The number of nitrogens with zero attached hydrogens (tertiary/aromatic N) is 6. The van der Waals surface area contributed by atoms with Crippen molar-refractivity contribution in [3.63, 3.8) is 0 Å². The van der Waals surface area contributed by atoms with Gasteiger partial charge in [0.15, 0.2) is 0 Å². The molecule has 0 bridgehead atoms. The SMILES string of the molecule is COc1cccc(CNC(=O)c2cc(-c3nnn(C[C@H]4COC(CO)CO4)n3)nc(C)n2)c1. The third-order valence-corrected chi connectivity index (χ3v) is 4.95. The first-order chi connectivity index (χ1) is 16.0. The molecule has 3 heterocycles. The van der Waals surface area contributed by atoms with E-state index in [1.165, 1.54) is 10.9 Å². The van der Waals surface area contributed by atoms with E-state index in [2.05, 4.69) is 30.7 Å². The predicted molar refractivity (Wildman–Crippen MR) is 114 cm³/mol. The lowest BCUT2D eigenvalue weighted by Crippen LogP contribution is -2.40. The van der Waals surface area contributed by atoms with Crippen molar-refractivity contribution in [2.75, 3.05) is 26.9 Å². The van der Waals surface area contributed by atoms with Gasteiger partial charge in [-0.3, -0.25) is 4.79 Å². The summed E-state index contributed by atoms with van der Waals surface area (Å²) in [7, 11) is 1.59. The number of carbonyl (C=O) groups is 1. The van der Waals surface area contributed by atoms with Gasteiger partial charge in [-0.2, -0.15) is 4.80 Å². The molecule has 2 atom stereocenters. The van der Waals surface area contributed by atoms with Crippen LogP contribution in [0.25, 0.3) is 11.5 Å². The van der Waals surface area contributed by atoms with E-state index in [0.29, 0.717) is 37.8 Å². The number of methoxy groups -OCH3 is 1. The third-order valence-electron chi connectivity index (χ3n) is 4.95. The molecule has 174 valence electrons. The molecule has 1 aliphatic rings. The van der Waals surface area contributed by atoms with E-state index in [1.54, 1.807) is 14.0 Å². The number of nitrogens with one attached hydrogen (secondary N) is 1. The molecule has 1 amide bonds. The van der Waals surface area contributed by atoms with E-state index in [4.69, 9.17) is 19.3 Å². The van der Waals surface area contributed by atoms with E-state index in [9.17, 15) is 4.79 Å². The second-order valence-electron chi connectivity index (χ2n) is 7.48. The van der Waals surface area contributed by atoms with Gasteiger partial charge in [-0.05, 0) is 35.9 Å². The number of hydrogen-bond acceptors (Lipinski definition) is 10. The van der Waals surface area contributed by atoms with Gasteiger partial charge >= 0.3 is 0 Å². The molecule has 1 saturated heterocycles. The van der Waals surface area contributed by atoms with Crippen molar-refractivity contribution in [3.05, 3.63) is 47.4 Å². The molecule has 0 aliphatic carbocycles. The smallest absolute Gasteiger partial charge is 0.270 e. The van der Waals surface area contributed by atoms with Gasteiger partial charge in [0.25, 0.3) is 5.91 Å². The average molecular weight is 455 g/mol. The Labute approximate surface area is 189 Å². The van der Waals surface area contributed by atoms with Crippen molar-refractivity contribution in [3.8, 4) is 17.3 Å². The second-order valence-corrected chi connectivity index (χ2v) is 7.48. The van der Waals surface area contributed by atoms with Gasteiger partial charge in [-0.1, -0.05) is 12.1 Å². The van der Waals surface area contributed by atoms with E-state index in [-0.39, 0.29) is 36.2 Å². The molecule has 12 heteroatoms. The number of aryl methyl sites for hydroxylation is 1. The van der Waals surface area contributed by atoms with Crippen molar-refractivity contribution in [2.24, 2.45) is 0 Å². The number of aromatic nitrogens is 6. The molecule has 4 rings (SSSR count). The number of carbonyl (C=O) groups excluding carboxylic acids is 1. The van der Waals surface area contributed by atoms with Crippen molar-refractivity contribution < 1.29 is 24.1 Å². The van der Waals surface area contributed by atoms with Crippen LogP contribution in [-0.2, 0) is 22.6 Å². The fourth-order valence-electron chi connectivity index (χ4n) is 3.25. The summed E-state index contributed by atoms with van der Waals surface area (Å²) in [6, 6.07) is 8.97. The summed E-state index contributed by atoms with van der Waals surface area (Å²) < 4.78 is 16.3. The first-order valence-electron chi connectivity index (χ1n) is 10.4. The zero-order chi connectivity index (χ0) is 23.2. The lowest BCUT2D eigenvalue weighted by atomic mass is 10.2. The quantitative estimate of drug-likeness (QED) is 0.481. The molecular weight excluding hydrogens is 430 g/mol. The Kier molecular flexibility index (Phi) is 7.17. The van der Waals surface area contributed by atoms with Crippen molar-refractivity contribution in [1.29, 1.82) is 0 Å². The standard InChI is InChI=1S/C21H25N7O5/c1-13-23-18(20-25-27-28(26-20)9-16-11-33-17(10-29)12-32-16)7-19(24-13)21(30)22-8-14-4-3-5-15(6-14)31-2/h3-7,16-17,29H,8-12H2,1-2H3,(H,22,30)/t16-,17?/m0/s1. The van der Waals surface area contributed by atoms with Gasteiger partial charge in [0.2, 0.25) is 5.82 Å². The largest absolute Gasteiger partial charge is 0.497 e. The number of benzene rings is 1. The van der Waals surface area contributed by atoms with Gasteiger partial charge in [0, 0.05) is 6.54 Å². The van der Waals surface area contributed by atoms with Crippen LogP contribution in [-0.4, -0.2) is 80.3 Å². The first-order valence-corrected chi connectivity index (χ1v) is 10.4. The van der Waals surface area contributed by atoms with Gasteiger partial charge in [-0.25, -0.2) is 9.97 Å².